The van der Waals surface area contributed by atoms with E-state index in [1.54, 1.807) is 19.2 Å². The largest absolute Gasteiger partial charge is 0.444 e. The van der Waals surface area contributed by atoms with E-state index >= 15 is 0 Å². The second-order valence-electron chi connectivity index (χ2n) is 6.02. The van der Waals surface area contributed by atoms with Gasteiger partial charge in [0, 0.05) is 30.2 Å². The fraction of sp³-hybridized carbons (Fsp3) is 0.500. The van der Waals surface area contributed by atoms with Gasteiger partial charge in [0.2, 0.25) is 0 Å². The zero-order valence-corrected chi connectivity index (χ0v) is 15.1. The van der Waals surface area contributed by atoms with Crippen LogP contribution >= 0.6 is 15.9 Å². The maximum absolute atomic E-state index is 11.9. The van der Waals surface area contributed by atoms with Crippen molar-refractivity contribution in [2.45, 2.75) is 32.8 Å². The quantitative estimate of drug-likeness (QED) is 0.807. The number of halogens is 1. The predicted molar refractivity (Wildman–Crippen MR) is 90.0 cm³/mol. The molecule has 0 heterocycles. The topological polar surface area (TPSA) is 58.6 Å². The highest BCUT2D eigenvalue weighted by atomic mass is 79.9. The predicted octanol–water partition coefficient (Wildman–Crippen LogP) is 3.44. The second-order valence-corrected chi connectivity index (χ2v) is 6.93. The maximum atomic E-state index is 11.9. The van der Waals surface area contributed by atoms with Gasteiger partial charge in [0.1, 0.15) is 5.60 Å². The lowest BCUT2D eigenvalue weighted by atomic mass is 10.2. The SMILES string of the molecule is CN(CCCNC(=O)c1ccc(Br)cc1)C(=O)OC(C)(C)C. The lowest BCUT2D eigenvalue weighted by Crippen LogP contribution is -2.36. The fourth-order valence-corrected chi connectivity index (χ4v) is 1.92. The highest BCUT2D eigenvalue weighted by Gasteiger charge is 2.19. The third-order valence-electron chi connectivity index (χ3n) is 2.77. The zero-order chi connectivity index (χ0) is 16.8. The summed E-state index contributed by atoms with van der Waals surface area (Å²) in [7, 11) is 1.69. The van der Waals surface area contributed by atoms with Crippen molar-refractivity contribution in [1.29, 1.82) is 0 Å². The van der Waals surface area contributed by atoms with Crippen molar-refractivity contribution in [3.8, 4) is 0 Å². The summed E-state index contributed by atoms with van der Waals surface area (Å²) in [6.45, 7) is 6.52. The van der Waals surface area contributed by atoms with E-state index in [4.69, 9.17) is 4.74 Å². The van der Waals surface area contributed by atoms with E-state index in [1.165, 1.54) is 4.90 Å². The Labute approximate surface area is 140 Å². The van der Waals surface area contributed by atoms with Crippen LogP contribution in [0.15, 0.2) is 28.7 Å². The highest BCUT2D eigenvalue weighted by molar-refractivity contribution is 9.10. The molecular weight excluding hydrogens is 348 g/mol. The zero-order valence-electron chi connectivity index (χ0n) is 13.5. The van der Waals surface area contributed by atoms with Gasteiger partial charge >= 0.3 is 6.09 Å². The molecule has 0 saturated heterocycles. The third kappa shape index (κ3) is 6.93. The Kier molecular flexibility index (Phi) is 6.87. The van der Waals surface area contributed by atoms with Gasteiger partial charge < -0.3 is 15.0 Å². The molecule has 0 fully saturated rings. The van der Waals surface area contributed by atoms with Crippen LogP contribution in [0.1, 0.15) is 37.6 Å². The van der Waals surface area contributed by atoms with E-state index < -0.39 is 5.60 Å². The van der Waals surface area contributed by atoms with Gasteiger partial charge in [0.15, 0.2) is 0 Å². The van der Waals surface area contributed by atoms with Crippen LogP contribution in [-0.2, 0) is 4.74 Å². The number of hydrogen-bond donors (Lipinski definition) is 1. The van der Waals surface area contributed by atoms with Crippen LogP contribution in [-0.4, -0.2) is 42.6 Å². The van der Waals surface area contributed by atoms with Crippen molar-refractivity contribution in [2.24, 2.45) is 0 Å². The molecule has 0 saturated carbocycles. The Balaban J connectivity index is 2.28. The van der Waals surface area contributed by atoms with Crippen molar-refractivity contribution in [3.05, 3.63) is 34.3 Å². The maximum Gasteiger partial charge on any atom is 0.410 e. The van der Waals surface area contributed by atoms with E-state index in [1.807, 2.05) is 32.9 Å². The number of benzene rings is 1. The molecule has 22 heavy (non-hydrogen) atoms. The van der Waals surface area contributed by atoms with Crippen molar-refractivity contribution < 1.29 is 14.3 Å². The number of nitrogens with zero attached hydrogens (tertiary/aromatic N) is 1. The number of carbonyl (C=O) groups is 2. The van der Waals surface area contributed by atoms with Crippen LogP contribution in [0.3, 0.4) is 0 Å². The normalized spacial score (nSPS) is 11.0. The molecule has 1 aromatic carbocycles. The minimum Gasteiger partial charge on any atom is -0.444 e. The summed E-state index contributed by atoms with van der Waals surface area (Å²) in [5.41, 5.74) is 0.116. The number of nitrogens with one attached hydrogen (secondary N) is 1. The summed E-state index contributed by atoms with van der Waals surface area (Å²) >= 11 is 3.33. The molecule has 0 aliphatic rings. The lowest BCUT2D eigenvalue weighted by molar-refractivity contribution is 0.0297. The molecule has 2 amide bonds. The molecule has 0 aliphatic carbocycles. The van der Waals surface area contributed by atoms with Gasteiger partial charge in [-0.15, -0.1) is 0 Å². The minimum absolute atomic E-state index is 0.118. The van der Waals surface area contributed by atoms with E-state index in [-0.39, 0.29) is 12.0 Å². The molecule has 0 bridgehead atoms. The van der Waals surface area contributed by atoms with E-state index in [2.05, 4.69) is 21.2 Å². The van der Waals surface area contributed by atoms with E-state index in [9.17, 15) is 9.59 Å². The Bertz CT molecular complexity index is 509. The van der Waals surface area contributed by atoms with Crippen molar-refractivity contribution >= 4 is 27.9 Å². The fourth-order valence-electron chi connectivity index (χ4n) is 1.65. The molecule has 0 unspecified atom stereocenters. The summed E-state index contributed by atoms with van der Waals surface area (Å²) in [4.78, 5) is 25.2. The summed E-state index contributed by atoms with van der Waals surface area (Å²) in [5, 5.41) is 2.83. The first-order valence-corrected chi connectivity index (χ1v) is 7.96. The molecule has 0 aliphatic heterocycles. The Morgan fingerprint density at radius 1 is 1.23 bits per heavy atom. The first kappa shape index (κ1) is 18.5. The molecule has 0 spiro atoms. The van der Waals surface area contributed by atoms with Crippen molar-refractivity contribution in [1.82, 2.24) is 10.2 Å². The Morgan fingerprint density at radius 2 is 1.82 bits per heavy atom. The average molecular weight is 371 g/mol. The van der Waals surface area contributed by atoms with Gasteiger partial charge in [0.05, 0.1) is 0 Å². The van der Waals surface area contributed by atoms with Gasteiger partial charge in [-0.25, -0.2) is 4.79 Å². The Hall–Kier alpha value is -1.56. The standard InChI is InChI=1S/C16H23BrN2O3/c1-16(2,3)22-15(21)19(4)11-5-10-18-14(20)12-6-8-13(17)9-7-12/h6-9H,5,10-11H2,1-4H3,(H,18,20). The third-order valence-corrected chi connectivity index (χ3v) is 3.30. The van der Waals surface area contributed by atoms with E-state index in [0.717, 1.165) is 4.47 Å². The smallest absolute Gasteiger partial charge is 0.410 e. The summed E-state index contributed by atoms with van der Waals surface area (Å²) in [6.07, 6.45) is 0.310. The minimum atomic E-state index is -0.499. The highest BCUT2D eigenvalue weighted by Crippen LogP contribution is 2.10. The Morgan fingerprint density at radius 3 is 2.36 bits per heavy atom. The molecule has 122 valence electrons. The summed E-state index contributed by atoms with van der Waals surface area (Å²) < 4.78 is 6.19. The van der Waals surface area contributed by atoms with E-state index in [0.29, 0.717) is 25.1 Å². The van der Waals surface area contributed by atoms with Crippen LogP contribution in [0.2, 0.25) is 0 Å². The molecular formula is C16H23BrN2O3. The monoisotopic (exact) mass is 370 g/mol. The number of ether oxygens (including phenoxy) is 1. The molecule has 1 rings (SSSR count). The number of amides is 2. The van der Waals surface area contributed by atoms with Crippen LogP contribution in [0, 0.1) is 0 Å². The van der Waals surface area contributed by atoms with Crippen LogP contribution in [0.4, 0.5) is 4.79 Å². The van der Waals surface area contributed by atoms with Crippen LogP contribution in [0.25, 0.3) is 0 Å². The van der Waals surface area contributed by atoms with Crippen LogP contribution < -0.4 is 5.32 Å². The first-order chi connectivity index (χ1) is 10.2. The number of carbonyl (C=O) groups excluding carboxylic acids is 2. The van der Waals surface area contributed by atoms with Gasteiger partial charge in [-0.3, -0.25) is 4.79 Å². The number of hydrogen-bond acceptors (Lipinski definition) is 3. The molecule has 0 radical (unpaired) electrons. The molecule has 1 aromatic rings. The van der Waals surface area contributed by atoms with Gasteiger partial charge in [-0.1, -0.05) is 15.9 Å². The summed E-state index contributed by atoms with van der Waals surface area (Å²) in [6, 6.07) is 7.16. The second kappa shape index (κ2) is 8.17. The van der Waals surface area contributed by atoms with Gasteiger partial charge in [-0.05, 0) is 51.5 Å². The van der Waals surface area contributed by atoms with Crippen molar-refractivity contribution in [2.75, 3.05) is 20.1 Å². The van der Waals surface area contributed by atoms with Crippen LogP contribution in [0.5, 0.6) is 0 Å². The molecule has 1 N–H and O–H groups in total. The molecule has 6 heteroatoms. The van der Waals surface area contributed by atoms with Crippen molar-refractivity contribution in [3.63, 3.8) is 0 Å². The van der Waals surface area contributed by atoms with Gasteiger partial charge in [0.25, 0.3) is 5.91 Å². The molecule has 0 aromatic heterocycles. The first-order valence-electron chi connectivity index (χ1n) is 7.17. The average Bonchev–Trinajstić information content (AvgIpc) is 2.42. The number of rotatable bonds is 5. The summed E-state index contributed by atoms with van der Waals surface area (Å²) in [5.74, 6) is -0.118. The molecule has 5 nitrogen and oxygen atoms in total. The lowest BCUT2D eigenvalue weighted by Gasteiger charge is -2.24. The molecule has 0 atom stereocenters. The van der Waals surface area contributed by atoms with Gasteiger partial charge in [-0.2, -0.15) is 0 Å².